The van der Waals surface area contributed by atoms with Gasteiger partial charge in [-0.25, -0.2) is 0 Å². The zero-order valence-corrected chi connectivity index (χ0v) is 16.5. The highest BCUT2D eigenvalue weighted by Crippen LogP contribution is 2.39. The molecule has 3 N–H and O–H groups in total. The van der Waals surface area contributed by atoms with Crippen molar-refractivity contribution in [3.05, 3.63) is 0 Å². The minimum absolute atomic E-state index is 0. The molecule has 1 aliphatic rings. The second-order valence-corrected chi connectivity index (χ2v) is 6.00. The van der Waals surface area contributed by atoms with E-state index in [1.54, 1.807) is 7.11 Å². The van der Waals surface area contributed by atoms with Crippen LogP contribution in [0.5, 0.6) is 0 Å². The highest BCUT2D eigenvalue weighted by atomic mass is 127. The summed E-state index contributed by atoms with van der Waals surface area (Å²) in [5.74, 6) is 0.886. The summed E-state index contributed by atoms with van der Waals surface area (Å²) in [4.78, 5) is 4.77. The lowest BCUT2D eigenvalue weighted by Crippen LogP contribution is -2.39. The molecule has 0 unspecified atom stereocenters. The van der Waals surface area contributed by atoms with Gasteiger partial charge in [0.05, 0.1) is 0 Å². The molecule has 0 bridgehead atoms. The van der Waals surface area contributed by atoms with Gasteiger partial charge < -0.3 is 20.5 Å². The van der Waals surface area contributed by atoms with Crippen LogP contribution in [0.15, 0.2) is 4.99 Å². The number of halogens is 1. The monoisotopic (exact) mass is 427 g/mol. The first-order valence-corrected chi connectivity index (χ1v) is 8.38. The van der Waals surface area contributed by atoms with Gasteiger partial charge in [0.15, 0.2) is 5.96 Å². The van der Waals surface area contributed by atoms with E-state index in [9.17, 15) is 5.11 Å². The van der Waals surface area contributed by atoms with Gasteiger partial charge in [-0.15, -0.1) is 24.0 Å². The van der Waals surface area contributed by atoms with Gasteiger partial charge in [-0.05, 0) is 38.0 Å². The summed E-state index contributed by atoms with van der Waals surface area (Å²) in [6.45, 7) is 5.66. The Morgan fingerprint density at radius 1 is 1.23 bits per heavy atom. The van der Waals surface area contributed by atoms with Crippen LogP contribution in [-0.2, 0) is 4.74 Å². The van der Waals surface area contributed by atoms with Gasteiger partial charge in [-0.1, -0.05) is 19.3 Å². The molecule has 0 saturated heterocycles. The van der Waals surface area contributed by atoms with E-state index in [0.717, 1.165) is 45.0 Å². The first-order valence-electron chi connectivity index (χ1n) is 8.38. The first-order chi connectivity index (χ1) is 10.3. The standard InChI is InChI=1S/C16H33N3O2.HI/c1-3-17-15(18-11-7-13-21-2)19-14-16(10-12-20)8-5-4-6-9-16;/h20H,3-14H2,1-2H3,(H2,17,18,19);1H. The van der Waals surface area contributed by atoms with Crippen molar-refractivity contribution in [1.29, 1.82) is 0 Å². The van der Waals surface area contributed by atoms with Gasteiger partial charge in [0.1, 0.15) is 0 Å². The number of aliphatic hydroxyl groups excluding tert-OH is 1. The largest absolute Gasteiger partial charge is 0.396 e. The van der Waals surface area contributed by atoms with Crippen molar-refractivity contribution in [2.24, 2.45) is 10.4 Å². The molecule has 0 amide bonds. The predicted molar refractivity (Wildman–Crippen MR) is 103 cm³/mol. The number of nitrogens with zero attached hydrogens (tertiary/aromatic N) is 1. The van der Waals surface area contributed by atoms with Gasteiger partial charge in [-0.3, -0.25) is 4.99 Å². The summed E-state index contributed by atoms with van der Waals surface area (Å²) in [7, 11) is 1.72. The fraction of sp³-hybridized carbons (Fsp3) is 0.938. The molecule has 0 radical (unpaired) electrons. The Balaban J connectivity index is 0.00000441. The van der Waals surface area contributed by atoms with Crippen LogP contribution in [0.4, 0.5) is 0 Å². The highest BCUT2D eigenvalue weighted by Gasteiger charge is 2.31. The molecule has 1 fully saturated rings. The SMILES string of the molecule is CCNC(=NCC1(CCO)CCCCC1)NCCCOC.I. The number of rotatable bonds is 9. The average Bonchev–Trinajstić information content (AvgIpc) is 2.50. The molecule has 0 aliphatic heterocycles. The van der Waals surface area contributed by atoms with Crippen LogP contribution in [0.3, 0.4) is 0 Å². The smallest absolute Gasteiger partial charge is 0.191 e. The molecule has 1 rings (SSSR count). The molecule has 0 aromatic carbocycles. The van der Waals surface area contributed by atoms with Crippen molar-refractivity contribution < 1.29 is 9.84 Å². The maximum Gasteiger partial charge on any atom is 0.191 e. The molecule has 1 saturated carbocycles. The summed E-state index contributed by atoms with van der Waals surface area (Å²) in [6.07, 6.45) is 8.11. The lowest BCUT2D eigenvalue weighted by molar-refractivity contribution is 0.137. The van der Waals surface area contributed by atoms with E-state index in [2.05, 4.69) is 17.6 Å². The number of ether oxygens (including phenoxy) is 1. The van der Waals surface area contributed by atoms with Gasteiger partial charge in [0.2, 0.25) is 0 Å². The van der Waals surface area contributed by atoms with Crippen molar-refractivity contribution in [2.45, 2.75) is 51.9 Å². The lowest BCUT2D eigenvalue weighted by Gasteiger charge is -2.35. The Kier molecular flexibility index (Phi) is 13.3. The number of nitrogens with one attached hydrogen (secondary N) is 2. The minimum atomic E-state index is 0. The zero-order chi connectivity index (χ0) is 15.4. The van der Waals surface area contributed by atoms with Crippen molar-refractivity contribution in [3.8, 4) is 0 Å². The van der Waals surface area contributed by atoms with Crippen molar-refractivity contribution in [1.82, 2.24) is 10.6 Å². The van der Waals surface area contributed by atoms with Crippen LogP contribution in [0.25, 0.3) is 0 Å². The van der Waals surface area contributed by atoms with Crippen LogP contribution in [0.1, 0.15) is 51.9 Å². The number of hydrogen-bond donors (Lipinski definition) is 3. The van der Waals surface area contributed by atoms with E-state index in [1.807, 2.05) is 0 Å². The van der Waals surface area contributed by atoms with E-state index in [4.69, 9.17) is 9.73 Å². The molecule has 0 spiro atoms. The van der Waals surface area contributed by atoms with Crippen LogP contribution >= 0.6 is 24.0 Å². The van der Waals surface area contributed by atoms with Gasteiger partial charge in [0, 0.05) is 40.0 Å². The summed E-state index contributed by atoms with van der Waals surface area (Å²) < 4.78 is 5.06. The van der Waals surface area contributed by atoms with E-state index in [1.165, 1.54) is 32.1 Å². The number of aliphatic hydroxyl groups is 1. The minimum Gasteiger partial charge on any atom is -0.396 e. The Bertz CT molecular complexity index is 290. The van der Waals surface area contributed by atoms with E-state index < -0.39 is 0 Å². The van der Waals surface area contributed by atoms with E-state index in [-0.39, 0.29) is 36.0 Å². The maximum absolute atomic E-state index is 9.36. The predicted octanol–water partition coefficient (Wildman–Crippen LogP) is 2.53. The van der Waals surface area contributed by atoms with Crippen molar-refractivity contribution in [3.63, 3.8) is 0 Å². The van der Waals surface area contributed by atoms with Gasteiger partial charge >= 0.3 is 0 Å². The van der Waals surface area contributed by atoms with Crippen LogP contribution in [0, 0.1) is 5.41 Å². The Morgan fingerprint density at radius 2 is 1.95 bits per heavy atom. The second-order valence-electron chi connectivity index (χ2n) is 6.00. The molecule has 6 heteroatoms. The third-order valence-corrected chi connectivity index (χ3v) is 4.29. The molecule has 0 heterocycles. The van der Waals surface area contributed by atoms with E-state index >= 15 is 0 Å². The maximum atomic E-state index is 9.36. The molecule has 132 valence electrons. The summed E-state index contributed by atoms with van der Waals surface area (Å²) >= 11 is 0. The summed E-state index contributed by atoms with van der Waals surface area (Å²) in [6, 6.07) is 0. The third-order valence-electron chi connectivity index (χ3n) is 4.29. The van der Waals surface area contributed by atoms with Crippen molar-refractivity contribution in [2.75, 3.05) is 40.0 Å². The fourth-order valence-corrected chi connectivity index (χ4v) is 3.04. The molecule has 0 atom stereocenters. The molecule has 22 heavy (non-hydrogen) atoms. The van der Waals surface area contributed by atoms with Crippen LogP contribution in [0.2, 0.25) is 0 Å². The quantitative estimate of drug-likeness (QED) is 0.229. The van der Waals surface area contributed by atoms with Crippen molar-refractivity contribution >= 4 is 29.9 Å². The Morgan fingerprint density at radius 3 is 2.55 bits per heavy atom. The normalized spacial score (nSPS) is 17.7. The molecule has 5 nitrogen and oxygen atoms in total. The number of guanidine groups is 1. The third kappa shape index (κ3) is 8.53. The second kappa shape index (κ2) is 13.4. The highest BCUT2D eigenvalue weighted by molar-refractivity contribution is 14.0. The van der Waals surface area contributed by atoms with Gasteiger partial charge in [-0.2, -0.15) is 0 Å². The average molecular weight is 427 g/mol. The molecule has 0 aromatic rings. The zero-order valence-electron chi connectivity index (χ0n) is 14.2. The van der Waals surface area contributed by atoms with Crippen LogP contribution < -0.4 is 10.6 Å². The number of hydrogen-bond acceptors (Lipinski definition) is 3. The summed E-state index contributed by atoms with van der Waals surface area (Å²) in [5, 5.41) is 16.0. The number of methoxy groups -OCH3 is 1. The van der Waals surface area contributed by atoms with Gasteiger partial charge in [0.25, 0.3) is 0 Å². The Labute approximate surface area is 152 Å². The molecular formula is C16H34IN3O2. The topological polar surface area (TPSA) is 65.9 Å². The fourth-order valence-electron chi connectivity index (χ4n) is 3.04. The Hall–Kier alpha value is -0.0800. The molecule has 0 aromatic heterocycles. The first kappa shape index (κ1) is 21.9. The molecular weight excluding hydrogens is 393 g/mol. The lowest BCUT2D eigenvalue weighted by atomic mass is 9.72. The van der Waals surface area contributed by atoms with E-state index in [0.29, 0.717) is 0 Å². The number of aliphatic imine (C=N–C) groups is 1. The molecule has 1 aliphatic carbocycles. The van der Waals surface area contributed by atoms with Crippen LogP contribution in [-0.4, -0.2) is 51.0 Å². The summed E-state index contributed by atoms with van der Waals surface area (Å²) in [5.41, 5.74) is 0.210.